The molecule has 1 aromatic carbocycles. The SMILES string of the molecule is C=CCN1C(=O)/C(=C/C(=O)OCC)S/C1=N\Nc1ccc([N+](=O)[O-])cc1[N+](=O)[O-]. The number of hydrazone groups is 1. The Morgan fingerprint density at radius 3 is 2.69 bits per heavy atom. The molecule has 1 amide bonds. The van der Waals surface area contributed by atoms with E-state index in [1.807, 2.05) is 0 Å². The Labute approximate surface area is 168 Å². The lowest BCUT2D eigenvalue weighted by molar-refractivity contribution is -0.393. The molecule has 12 nitrogen and oxygen atoms in total. The van der Waals surface area contributed by atoms with Crippen LogP contribution in [0.5, 0.6) is 0 Å². The van der Waals surface area contributed by atoms with Crippen molar-refractivity contribution in [3.05, 3.63) is 62.1 Å². The summed E-state index contributed by atoms with van der Waals surface area (Å²) < 4.78 is 4.78. The van der Waals surface area contributed by atoms with Crippen molar-refractivity contribution in [3.8, 4) is 0 Å². The van der Waals surface area contributed by atoms with Gasteiger partial charge in [0.25, 0.3) is 11.6 Å². The second-order valence-corrected chi connectivity index (χ2v) is 6.30. The molecule has 0 aromatic heterocycles. The fourth-order valence-corrected chi connectivity index (χ4v) is 3.07. The number of thioether (sulfide) groups is 1. The van der Waals surface area contributed by atoms with E-state index in [4.69, 9.17) is 4.74 Å². The predicted molar refractivity (Wildman–Crippen MR) is 105 cm³/mol. The Morgan fingerprint density at radius 2 is 2.10 bits per heavy atom. The van der Waals surface area contributed by atoms with Crippen LogP contribution in [-0.4, -0.2) is 44.9 Å². The van der Waals surface area contributed by atoms with Crippen LogP contribution < -0.4 is 5.43 Å². The van der Waals surface area contributed by atoms with Crippen LogP contribution in [0.2, 0.25) is 0 Å². The highest BCUT2D eigenvalue weighted by atomic mass is 32.2. The first-order valence-electron chi connectivity index (χ1n) is 8.04. The number of ether oxygens (including phenoxy) is 1. The first-order valence-corrected chi connectivity index (χ1v) is 8.85. The second-order valence-electron chi connectivity index (χ2n) is 5.29. The van der Waals surface area contributed by atoms with Crippen LogP contribution in [0.25, 0.3) is 0 Å². The molecule has 152 valence electrons. The van der Waals surface area contributed by atoms with Gasteiger partial charge in [0.1, 0.15) is 5.69 Å². The monoisotopic (exact) mass is 421 g/mol. The quantitative estimate of drug-likeness (QED) is 0.219. The third-order valence-electron chi connectivity index (χ3n) is 3.40. The third kappa shape index (κ3) is 5.16. The number of hydrogen-bond donors (Lipinski definition) is 1. The van der Waals surface area contributed by atoms with Gasteiger partial charge in [0.15, 0.2) is 5.17 Å². The summed E-state index contributed by atoms with van der Waals surface area (Å²) in [7, 11) is 0. The molecular weight excluding hydrogens is 406 g/mol. The van der Waals surface area contributed by atoms with Crippen molar-refractivity contribution in [1.82, 2.24) is 4.90 Å². The number of anilines is 1. The molecular formula is C16H15N5O7S. The molecule has 0 atom stereocenters. The zero-order valence-corrected chi connectivity index (χ0v) is 15.9. The number of esters is 1. The Kier molecular flexibility index (Phi) is 7.03. The summed E-state index contributed by atoms with van der Waals surface area (Å²) in [5.41, 5.74) is 1.32. The maximum absolute atomic E-state index is 12.4. The average molecular weight is 421 g/mol. The highest BCUT2D eigenvalue weighted by molar-refractivity contribution is 8.18. The normalized spacial score (nSPS) is 16.2. The Morgan fingerprint density at radius 1 is 1.38 bits per heavy atom. The summed E-state index contributed by atoms with van der Waals surface area (Å²) in [6.07, 6.45) is 2.47. The number of nitro groups is 2. The molecule has 1 aliphatic heterocycles. The van der Waals surface area contributed by atoms with E-state index in [0.717, 1.165) is 36.0 Å². The molecule has 29 heavy (non-hydrogen) atoms. The highest BCUT2D eigenvalue weighted by Gasteiger charge is 2.33. The molecule has 0 aliphatic carbocycles. The number of amides is 1. The van der Waals surface area contributed by atoms with Gasteiger partial charge in [-0.05, 0) is 24.8 Å². The van der Waals surface area contributed by atoms with E-state index in [0.29, 0.717) is 0 Å². The molecule has 1 saturated heterocycles. The van der Waals surface area contributed by atoms with Gasteiger partial charge in [-0.25, -0.2) is 4.79 Å². The Balaban J connectivity index is 2.33. The van der Waals surface area contributed by atoms with Gasteiger partial charge in [-0.2, -0.15) is 0 Å². The number of nitro benzene ring substituents is 2. The van der Waals surface area contributed by atoms with E-state index in [1.54, 1.807) is 6.92 Å². The summed E-state index contributed by atoms with van der Waals surface area (Å²) in [6, 6.07) is 3.01. The highest BCUT2D eigenvalue weighted by Crippen LogP contribution is 2.32. The number of nitrogens with zero attached hydrogens (tertiary/aromatic N) is 4. The van der Waals surface area contributed by atoms with Gasteiger partial charge < -0.3 is 4.74 Å². The van der Waals surface area contributed by atoms with E-state index in [-0.39, 0.29) is 28.9 Å². The standard InChI is InChI=1S/C16H15N5O7S/c1-3-7-19-15(23)13(9-14(22)28-4-2)29-16(19)18-17-11-6-5-10(20(24)25)8-12(11)21(26)27/h3,5-6,8-9,17H,1,4,7H2,2H3/b13-9-,18-16-. The molecule has 0 bridgehead atoms. The maximum atomic E-state index is 12.4. The van der Waals surface area contributed by atoms with Crippen molar-refractivity contribution in [1.29, 1.82) is 0 Å². The van der Waals surface area contributed by atoms with Crippen LogP contribution in [0, 0.1) is 20.2 Å². The average Bonchev–Trinajstić information content (AvgIpc) is 2.95. The number of benzene rings is 1. The summed E-state index contributed by atoms with van der Waals surface area (Å²) in [6.45, 7) is 5.39. The molecule has 1 aromatic rings. The largest absolute Gasteiger partial charge is 0.463 e. The lowest BCUT2D eigenvalue weighted by atomic mass is 10.2. The Hall–Kier alpha value is -3.74. The number of rotatable bonds is 8. The summed E-state index contributed by atoms with van der Waals surface area (Å²) in [5, 5.41) is 26.1. The van der Waals surface area contributed by atoms with Crippen LogP contribution in [0.1, 0.15) is 6.92 Å². The number of carbonyl (C=O) groups excluding carboxylic acids is 2. The third-order valence-corrected chi connectivity index (χ3v) is 4.40. The summed E-state index contributed by atoms with van der Waals surface area (Å²) in [4.78, 5) is 45.8. The van der Waals surface area contributed by atoms with Gasteiger partial charge in [-0.15, -0.1) is 11.7 Å². The molecule has 0 saturated carbocycles. The molecule has 2 rings (SSSR count). The first-order chi connectivity index (χ1) is 13.8. The molecule has 13 heteroatoms. The zero-order valence-electron chi connectivity index (χ0n) is 15.1. The Bertz CT molecular complexity index is 944. The van der Waals surface area contributed by atoms with Crippen LogP contribution in [0.4, 0.5) is 17.1 Å². The lowest BCUT2D eigenvalue weighted by Gasteiger charge is -2.12. The summed E-state index contributed by atoms with van der Waals surface area (Å²) >= 11 is 0.861. The van der Waals surface area contributed by atoms with Crippen LogP contribution >= 0.6 is 11.8 Å². The number of non-ortho nitro benzene ring substituents is 1. The van der Waals surface area contributed by atoms with Crippen LogP contribution in [0.15, 0.2) is 46.9 Å². The number of nitrogens with one attached hydrogen (secondary N) is 1. The lowest BCUT2D eigenvalue weighted by Crippen LogP contribution is -2.29. The fraction of sp³-hybridized carbons (Fsp3) is 0.188. The number of hydrogen-bond acceptors (Lipinski definition) is 10. The van der Waals surface area contributed by atoms with E-state index >= 15 is 0 Å². The van der Waals surface area contributed by atoms with E-state index in [1.165, 1.54) is 11.0 Å². The van der Waals surface area contributed by atoms with Gasteiger partial charge in [0, 0.05) is 18.7 Å². The molecule has 1 fully saturated rings. The molecule has 0 radical (unpaired) electrons. The van der Waals surface area contributed by atoms with E-state index in [9.17, 15) is 29.8 Å². The van der Waals surface area contributed by atoms with Gasteiger partial charge in [0.05, 0.1) is 27.4 Å². The van der Waals surface area contributed by atoms with Crippen molar-refractivity contribution in [2.24, 2.45) is 5.10 Å². The van der Waals surface area contributed by atoms with Gasteiger partial charge in [0.2, 0.25) is 0 Å². The molecule has 1 N–H and O–H groups in total. The predicted octanol–water partition coefficient (Wildman–Crippen LogP) is 2.39. The molecule has 1 heterocycles. The van der Waals surface area contributed by atoms with Crippen LogP contribution in [0.3, 0.4) is 0 Å². The number of amidine groups is 1. The van der Waals surface area contributed by atoms with Crippen LogP contribution in [-0.2, 0) is 14.3 Å². The van der Waals surface area contributed by atoms with Crippen molar-refractivity contribution in [2.45, 2.75) is 6.92 Å². The van der Waals surface area contributed by atoms with Crippen molar-refractivity contribution in [2.75, 3.05) is 18.6 Å². The van der Waals surface area contributed by atoms with Crippen molar-refractivity contribution in [3.63, 3.8) is 0 Å². The zero-order chi connectivity index (χ0) is 21.6. The minimum Gasteiger partial charge on any atom is -0.463 e. The van der Waals surface area contributed by atoms with Gasteiger partial charge >= 0.3 is 11.7 Å². The van der Waals surface area contributed by atoms with Gasteiger partial charge in [-0.3, -0.25) is 35.3 Å². The van der Waals surface area contributed by atoms with E-state index in [2.05, 4.69) is 17.1 Å². The second kappa shape index (κ2) is 9.45. The van der Waals surface area contributed by atoms with Crippen molar-refractivity contribution >= 4 is 45.9 Å². The molecule has 0 unspecified atom stereocenters. The van der Waals surface area contributed by atoms with Gasteiger partial charge in [-0.1, -0.05) is 6.08 Å². The topological polar surface area (TPSA) is 157 Å². The summed E-state index contributed by atoms with van der Waals surface area (Å²) in [5.74, 6) is -1.20. The maximum Gasteiger partial charge on any atom is 0.332 e. The smallest absolute Gasteiger partial charge is 0.332 e. The number of carbonyl (C=O) groups is 2. The minimum atomic E-state index is -0.796. The van der Waals surface area contributed by atoms with Crippen molar-refractivity contribution < 1.29 is 24.2 Å². The molecule has 1 aliphatic rings. The molecule has 0 spiro atoms. The first kappa shape index (κ1) is 21.6. The minimum absolute atomic E-state index is 0.0593. The van der Waals surface area contributed by atoms with E-state index < -0.39 is 33.1 Å². The fourth-order valence-electron chi connectivity index (χ4n) is 2.16.